The molecule has 1 heterocycles. The average molecular weight is 238 g/mol. The predicted molar refractivity (Wildman–Crippen MR) is 60.9 cm³/mol. The van der Waals surface area contributed by atoms with Gasteiger partial charge in [-0.1, -0.05) is 6.08 Å². The van der Waals surface area contributed by atoms with E-state index in [1.165, 1.54) is 13.3 Å². The van der Waals surface area contributed by atoms with Gasteiger partial charge in [-0.05, 0) is 6.08 Å². The van der Waals surface area contributed by atoms with Crippen molar-refractivity contribution < 1.29 is 14.3 Å². The molecule has 17 heavy (non-hydrogen) atoms. The van der Waals surface area contributed by atoms with E-state index in [2.05, 4.69) is 4.98 Å². The maximum absolute atomic E-state index is 10.9. The van der Waals surface area contributed by atoms with Crippen molar-refractivity contribution in [3.8, 4) is 0 Å². The molecular weight excluding hydrogens is 224 g/mol. The molecule has 0 bridgehead atoms. The molecule has 0 aliphatic rings. The topological polar surface area (TPSA) is 113 Å². The van der Waals surface area contributed by atoms with Crippen LogP contribution in [-0.4, -0.2) is 28.0 Å². The summed E-state index contributed by atoms with van der Waals surface area (Å²) in [6.07, 6.45) is 4.84. The van der Waals surface area contributed by atoms with Crippen molar-refractivity contribution in [2.24, 2.45) is 5.73 Å². The van der Waals surface area contributed by atoms with E-state index in [0.717, 1.165) is 0 Å². The number of aromatic nitrogens is 2. The average Bonchev–Trinajstić information content (AvgIpc) is 2.59. The molecule has 0 aromatic carbocycles. The Kier molecular flexibility index (Phi) is 4.27. The fraction of sp³-hybridized carbons (Fsp3) is 0.300. The van der Waals surface area contributed by atoms with E-state index in [1.807, 2.05) is 0 Å². The van der Waals surface area contributed by atoms with Crippen LogP contribution in [0.2, 0.25) is 0 Å². The van der Waals surface area contributed by atoms with E-state index in [9.17, 15) is 9.59 Å². The van der Waals surface area contributed by atoms with Crippen LogP contribution in [-0.2, 0) is 16.1 Å². The Morgan fingerprint density at radius 3 is 2.76 bits per heavy atom. The third-order valence-electron chi connectivity index (χ3n) is 1.96. The molecule has 1 amide bonds. The number of nitrogens with zero attached hydrogens (tertiary/aromatic N) is 2. The van der Waals surface area contributed by atoms with Gasteiger partial charge in [0, 0.05) is 13.5 Å². The smallest absolute Gasteiger partial charge is 0.302 e. The highest BCUT2D eigenvalue weighted by Crippen LogP contribution is 2.08. The van der Waals surface area contributed by atoms with Crippen molar-refractivity contribution in [1.82, 2.24) is 9.55 Å². The first-order valence-electron chi connectivity index (χ1n) is 4.91. The molecule has 4 N–H and O–H groups in total. The maximum Gasteiger partial charge on any atom is 0.302 e. The lowest BCUT2D eigenvalue weighted by molar-refractivity contribution is -0.139. The molecule has 0 atom stereocenters. The van der Waals surface area contributed by atoms with Crippen molar-refractivity contribution >= 4 is 17.7 Å². The van der Waals surface area contributed by atoms with Crippen LogP contribution in [0.3, 0.4) is 0 Å². The molecule has 92 valence electrons. The van der Waals surface area contributed by atoms with Crippen molar-refractivity contribution in [3.63, 3.8) is 0 Å². The van der Waals surface area contributed by atoms with Gasteiger partial charge in [-0.2, -0.15) is 0 Å². The first kappa shape index (κ1) is 12.8. The van der Waals surface area contributed by atoms with Crippen molar-refractivity contribution in [1.29, 1.82) is 0 Å². The number of carbonyl (C=O) groups excluding carboxylic acids is 2. The summed E-state index contributed by atoms with van der Waals surface area (Å²) in [5, 5.41) is 0. The number of nitrogen functional groups attached to an aromatic ring is 1. The molecule has 1 aromatic rings. The molecular formula is C10H14N4O3. The highest BCUT2D eigenvalue weighted by Gasteiger charge is 2.11. The number of anilines is 1. The Hall–Kier alpha value is -2.31. The minimum Gasteiger partial charge on any atom is -0.462 e. The highest BCUT2D eigenvalue weighted by atomic mass is 16.5. The van der Waals surface area contributed by atoms with Crippen LogP contribution in [0.4, 0.5) is 5.82 Å². The predicted octanol–water partition coefficient (Wildman–Crippen LogP) is -0.316. The summed E-state index contributed by atoms with van der Waals surface area (Å²) >= 11 is 0. The van der Waals surface area contributed by atoms with Gasteiger partial charge >= 0.3 is 5.97 Å². The Bertz CT molecular complexity index is 450. The number of esters is 1. The standard InChI is InChI=1S/C10H14N4O3/c1-7(15)17-5-3-2-4-14-6-13-8(9(14)11)10(12)16/h2-3,6H,4-5,11H2,1H3,(H2,12,16). The molecule has 7 heteroatoms. The zero-order valence-corrected chi connectivity index (χ0v) is 9.42. The Labute approximate surface area is 98.1 Å². The van der Waals surface area contributed by atoms with Crippen LogP contribution < -0.4 is 11.5 Å². The third-order valence-corrected chi connectivity index (χ3v) is 1.96. The van der Waals surface area contributed by atoms with E-state index >= 15 is 0 Å². The van der Waals surface area contributed by atoms with Gasteiger partial charge in [-0.25, -0.2) is 4.98 Å². The number of primary amides is 1. The van der Waals surface area contributed by atoms with Gasteiger partial charge in [0.15, 0.2) is 5.69 Å². The second-order valence-electron chi connectivity index (χ2n) is 3.27. The zero-order chi connectivity index (χ0) is 12.8. The van der Waals surface area contributed by atoms with Crippen molar-refractivity contribution in [3.05, 3.63) is 24.2 Å². The van der Waals surface area contributed by atoms with Crippen LogP contribution in [0.1, 0.15) is 17.4 Å². The lowest BCUT2D eigenvalue weighted by Gasteiger charge is -2.00. The van der Waals surface area contributed by atoms with E-state index in [0.29, 0.717) is 6.54 Å². The minimum atomic E-state index is -0.662. The highest BCUT2D eigenvalue weighted by molar-refractivity contribution is 5.95. The fourth-order valence-corrected chi connectivity index (χ4v) is 1.15. The molecule has 0 unspecified atom stereocenters. The number of rotatable bonds is 5. The molecule has 0 aliphatic heterocycles. The molecule has 1 aromatic heterocycles. The summed E-state index contributed by atoms with van der Waals surface area (Å²) in [6.45, 7) is 1.96. The number of ether oxygens (including phenoxy) is 1. The van der Waals surface area contributed by atoms with E-state index < -0.39 is 5.91 Å². The quantitative estimate of drug-likeness (QED) is 0.539. The molecule has 0 spiro atoms. The Morgan fingerprint density at radius 2 is 2.24 bits per heavy atom. The summed E-state index contributed by atoms with van der Waals surface area (Å²) in [5.74, 6) is -0.785. The number of imidazole rings is 1. The lowest BCUT2D eigenvalue weighted by atomic mass is 10.4. The van der Waals surface area contributed by atoms with Crippen molar-refractivity contribution in [2.45, 2.75) is 13.5 Å². The summed E-state index contributed by atoms with van der Waals surface area (Å²) in [4.78, 5) is 25.1. The molecule has 0 aliphatic carbocycles. The Balaban J connectivity index is 2.52. The summed E-state index contributed by atoms with van der Waals surface area (Å²) in [6, 6.07) is 0. The van der Waals surface area contributed by atoms with Crippen LogP contribution in [0.15, 0.2) is 18.5 Å². The first-order chi connectivity index (χ1) is 8.02. The van der Waals surface area contributed by atoms with E-state index in [1.54, 1.807) is 16.7 Å². The van der Waals surface area contributed by atoms with Gasteiger partial charge < -0.3 is 20.8 Å². The molecule has 7 nitrogen and oxygen atoms in total. The summed E-state index contributed by atoms with van der Waals surface area (Å²) in [5.41, 5.74) is 10.8. The number of amides is 1. The number of hydrogen-bond donors (Lipinski definition) is 2. The summed E-state index contributed by atoms with van der Waals surface area (Å²) < 4.78 is 6.26. The number of carbonyl (C=O) groups is 2. The Morgan fingerprint density at radius 1 is 1.53 bits per heavy atom. The second-order valence-corrected chi connectivity index (χ2v) is 3.27. The van der Waals surface area contributed by atoms with Gasteiger partial charge in [-0.3, -0.25) is 9.59 Å². The number of allylic oxidation sites excluding steroid dienone is 1. The van der Waals surface area contributed by atoms with E-state index in [4.69, 9.17) is 16.2 Å². The molecule has 0 fully saturated rings. The van der Waals surface area contributed by atoms with Gasteiger partial charge in [0.25, 0.3) is 5.91 Å². The molecule has 0 saturated carbocycles. The summed E-state index contributed by atoms with van der Waals surface area (Å²) in [7, 11) is 0. The van der Waals surface area contributed by atoms with Crippen LogP contribution in [0.25, 0.3) is 0 Å². The van der Waals surface area contributed by atoms with Crippen LogP contribution >= 0.6 is 0 Å². The lowest BCUT2D eigenvalue weighted by Crippen LogP contribution is -2.14. The number of hydrogen-bond acceptors (Lipinski definition) is 5. The number of nitrogens with two attached hydrogens (primary N) is 2. The minimum absolute atomic E-state index is 0.0541. The molecule has 0 saturated heterocycles. The van der Waals surface area contributed by atoms with Crippen molar-refractivity contribution in [2.75, 3.05) is 12.3 Å². The molecule has 0 radical (unpaired) electrons. The van der Waals surface area contributed by atoms with Gasteiger partial charge in [-0.15, -0.1) is 0 Å². The first-order valence-corrected chi connectivity index (χ1v) is 4.91. The zero-order valence-electron chi connectivity index (χ0n) is 9.42. The monoisotopic (exact) mass is 238 g/mol. The SMILES string of the molecule is CC(=O)OCC=CCn1cnc(C(N)=O)c1N. The third kappa shape index (κ3) is 3.63. The van der Waals surface area contributed by atoms with Gasteiger partial charge in [0.1, 0.15) is 12.4 Å². The van der Waals surface area contributed by atoms with Crippen LogP contribution in [0.5, 0.6) is 0 Å². The second kappa shape index (κ2) is 5.69. The fourth-order valence-electron chi connectivity index (χ4n) is 1.15. The molecule has 1 rings (SSSR count). The van der Waals surface area contributed by atoms with Gasteiger partial charge in [0.05, 0.1) is 6.33 Å². The van der Waals surface area contributed by atoms with Gasteiger partial charge in [0.2, 0.25) is 0 Å². The van der Waals surface area contributed by atoms with Crippen LogP contribution in [0, 0.1) is 0 Å². The normalized spacial score (nSPS) is 10.6. The maximum atomic E-state index is 10.9. The van der Waals surface area contributed by atoms with E-state index in [-0.39, 0.29) is 24.1 Å². The largest absolute Gasteiger partial charge is 0.462 e.